The van der Waals surface area contributed by atoms with E-state index in [0.717, 1.165) is 35.0 Å². The van der Waals surface area contributed by atoms with E-state index in [2.05, 4.69) is 11.9 Å². The molecule has 0 amide bonds. The van der Waals surface area contributed by atoms with Gasteiger partial charge >= 0.3 is 0 Å². The summed E-state index contributed by atoms with van der Waals surface area (Å²) in [5.41, 5.74) is 2.44. The number of aromatic hydroxyl groups is 1. The van der Waals surface area contributed by atoms with Crippen LogP contribution >= 0.6 is 23.6 Å². The quantitative estimate of drug-likeness (QED) is 0.640. The number of rotatable bonds is 1. The molecular formula is C18H18N2O2S2. The third-order valence-corrected chi connectivity index (χ3v) is 6.26. The fourth-order valence-corrected chi connectivity index (χ4v) is 5.15. The minimum atomic E-state index is -0.0935. The van der Waals surface area contributed by atoms with Crippen molar-refractivity contribution in [2.24, 2.45) is 5.92 Å². The number of benzene rings is 1. The van der Waals surface area contributed by atoms with Crippen LogP contribution < -0.4 is 5.56 Å². The Morgan fingerprint density at radius 2 is 2.21 bits per heavy atom. The summed E-state index contributed by atoms with van der Waals surface area (Å²) in [6, 6.07) is 5.20. The summed E-state index contributed by atoms with van der Waals surface area (Å²) in [6.45, 7) is 4.07. The monoisotopic (exact) mass is 358 g/mol. The number of phenols is 1. The maximum absolute atomic E-state index is 13.2. The first-order chi connectivity index (χ1) is 11.5. The average Bonchev–Trinajstić information content (AvgIpc) is 2.87. The van der Waals surface area contributed by atoms with Gasteiger partial charge in [-0.15, -0.1) is 11.3 Å². The van der Waals surface area contributed by atoms with Gasteiger partial charge < -0.3 is 10.1 Å². The number of aryl methyl sites for hydroxylation is 2. The second-order valence-corrected chi connectivity index (χ2v) is 8.09. The largest absolute Gasteiger partial charge is 0.508 e. The van der Waals surface area contributed by atoms with Crippen LogP contribution in [-0.4, -0.2) is 14.7 Å². The van der Waals surface area contributed by atoms with Crippen molar-refractivity contribution in [1.29, 1.82) is 0 Å². The Morgan fingerprint density at radius 3 is 2.96 bits per heavy atom. The number of nitrogens with zero attached hydrogens (tertiary/aromatic N) is 1. The van der Waals surface area contributed by atoms with Crippen molar-refractivity contribution >= 4 is 33.8 Å². The molecule has 0 spiro atoms. The van der Waals surface area contributed by atoms with Crippen LogP contribution in [0.25, 0.3) is 15.9 Å². The van der Waals surface area contributed by atoms with Crippen LogP contribution in [-0.2, 0) is 12.8 Å². The second kappa shape index (κ2) is 5.57. The highest BCUT2D eigenvalue weighted by molar-refractivity contribution is 7.71. The third kappa shape index (κ3) is 2.32. The second-order valence-electron chi connectivity index (χ2n) is 6.60. The van der Waals surface area contributed by atoms with Crippen LogP contribution in [0.2, 0.25) is 0 Å². The smallest absolute Gasteiger partial charge is 0.267 e. The topological polar surface area (TPSA) is 58.0 Å². The van der Waals surface area contributed by atoms with Crippen molar-refractivity contribution in [3.63, 3.8) is 0 Å². The predicted octanol–water partition coefficient (Wildman–Crippen LogP) is 4.25. The Hall–Kier alpha value is -1.92. The summed E-state index contributed by atoms with van der Waals surface area (Å²) in [4.78, 5) is 18.6. The fourth-order valence-electron chi connectivity index (χ4n) is 3.39. The number of fused-ring (bicyclic) bond motifs is 3. The predicted molar refractivity (Wildman–Crippen MR) is 100 cm³/mol. The van der Waals surface area contributed by atoms with E-state index in [0.29, 0.717) is 16.4 Å². The van der Waals surface area contributed by atoms with E-state index in [1.807, 2.05) is 13.0 Å². The first-order valence-electron chi connectivity index (χ1n) is 8.05. The van der Waals surface area contributed by atoms with Gasteiger partial charge in [0.05, 0.1) is 11.1 Å². The molecule has 4 nitrogen and oxygen atoms in total. The number of H-pyrrole nitrogens is 1. The van der Waals surface area contributed by atoms with Gasteiger partial charge in [-0.3, -0.25) is 9.36 Å². The molecule has 2 aromatic heterocycles. The van der Waals surface area contributed by atoms with Crippen molar-refractivity contribution in [2.45, 2.75) is 33.1 Å². The van der Waals surface area contributed by atoms with Gasteiger partial charge in [-0.25, -0.2) is 0 Å². The van der Waals surface area contributed by atoms with Crippen LogP contribution in [0.4, 0.5) is 0 Å². The molecule has 2 N–H and O–H groups in total. The first-order valence-corrected chi connectivity index (χ1v) is 9.27. The van der Waals surface area contributed by atoms with E-state index in [-0.39, 0.29) is 11.3 Å². The van der Waals surface area contributed by atoms with Crippen LogP contribution in [0.3, 0.4) is 0 Å². The Morgan fingerprint density at radius 1 is 1.42 bits per heavy atom. The van der Waals surface area contributed by atoms with Crippen molar-refractivity contribution in [2.75, 3.05) is 0 Å². The Labute approximate surface area is 148 Å². The highest BCUT2D eigenvalue weighted by Gasteiger charge is 2.23. The Bertz CT molecular complexity index is 1080. The SMILES string of the molecule is Cc1ccc(-n2c(=S)[nH]c3sc4c(c3c2=O)CC[C@H](C)C4)cc1O. The van der Waals surface area contributed by atoms with Crippen molar-refractivity contribution in [1.82, 2.24) is 9.55 Å². The first kappa shape index (κ1) is 15.6. The van der Waals surface area contributed by atoms with Crippen LogP contribution in [0.5, 0.6) is 5.75 Å². The standard InChI is InChI=1S/C18H18N2O2S2/c1-9-3-6-12-14(7-9)24-16-15(12)17(22)20(18(23)19-16)11-5-4-10(2)13(21)8-11/h4-5,8-9,21H,3,6-7H2,1-2H3,(H,19,23)/t9-/m0/s1. The molecule has 0 fully saturated rings. The number of aromatic amines is 1. The van der Waals surface area contributed by atoms with Crippen LogP contribution in [0, 0.1) is 17.6 Å². The fraction of sp³-hybridized carbons (Fsp3) is 0.333. The van der Waals surface area contributed by atoms with Gasteiger partial charge in [0.15, 0.2) is 4.77 Å². The zero-order valence-electron chi connectivity index (χ0n) is 13.5. The average molecular weight is 358 g/mol. The molecule has 124 valence electrons. The van der Waals surface area contributed by atoms with Gasteiger partial charge in [-0.05, 0) is 61.5 Å². The van der Waals surface area contributed by atoms with E-state index in [4.69, 9.17) is 12.2 Å². The third-order valence-electron chi connectivity index (χ3n) is 4.80. The molecule has 2 heterocycles. The molecule has 0 saturated heterocycles. The maximum atomic E-state index is 13.2. The van der Waals surface area contributed by atoms with Gasteiger partial charge in [-0.1, -0.05) is 13.0 Å². The molecule has 3 aromatic rings. The highest BCUT2D eigenvalue weighted by atomic mass is 32.1. The van der Waals surface area contributed by atoms with Crippen molar-refractivity contribution in [3.05, 3.63) is 49.3 Å². The number of phenolic OH excluding ortho intramolecular Hbond substituents is 1. The molecule has 6 heteroatoms. The van der Waals surface area contributed by atoms with E-state index >= 15 is 0 Å². The lowest BCUT2D eigenvalue weighted by Crippen LogP contribution is -2.21. The molecule has 0 bridgehead atoms. The lowest BCUT2D eigenvalue weighted by molar-refractivity contribution is 0.470. The molecule has 0 aliphatic heterocycles. The zero-order valence-corrected chi connectivity index (χ0v) is 15.2. The maximum Gasteiger partial charge on any atom is 0.267 e. The summed E-state index contributed by atoms with van der Waals surface area (Å²) in [7, 11) is 0. The molecule has 1 aromatic carbocycles. The van der Waals surface area contributed by atoms with Gasteiger partial charge in [0.1, 0.15) is 10.6 Å². The summed E-state index contributed by atoms with van der Waals surface area (Å²) < 4.78 is 1.85. The van der Waals surface area contributed by atoms with Crippen LogP contribution in [0.15, 0.2) is 23.0 Å². The van der Waals surface area contributed by atoms with E-state index in [1.165, 1.54) is 15.0 Å². The normalized spacial score (nSPS) is 17.2. The lowest BCUT2D eigenvalue weighted by atomic mass is 9.89. The summed E-state index contributed by atoms with van der Waals surface area (Å²) in [6.07, 6.45) is 3.08. The van der Waals surface area contributed by atoms with Gasteiger partial charge in [0, 0.05) is 10.9 Å². The Kier molecular flexibility index (Phi) is 3.62. The molecule has 1 atom stereocenters. The molecule has 4 rings (SSSR count). The van der Waals surface area contributed by atoms with Gasteiger partial charge in [0.25, 0.3) is 5.56 Å². The molecule has 1 aliphatic carbocycles. The number of hydrogen-bond donors (Lipinski definition) is 2. The van der Waals surface area contributed by atoms with Crippen molar-refractivity contribution in [3.8, 4) is 11.4 Å². The summed E-state index contributed by atoms with van der Waals surface area (Å²) in [5.74, 6) is 0.819. The van der Waals surface area contributed by atoms with Crippen molar-refractivity contribution < 1.29 is 5.11 Å². The molecule has 0 unspecified atom stereocenters. The number of aromatic nitrogens is 2. The number of nitrogens with one attached hydrogen (secondary N) is 1. The minimum Gasteiger partial charge on any atom is -0.508 e. The molecule has 1 aliphatic rings. The molecule has 0 saturated carbocycles. The molecule has 24 heavy (non-hydrogen) atoms. The van der Waals surface area contributed by atoms with E-state index < -0.39 is 0 Å². The van der Waals surface area contributed by atoms with Crippen LogP contribution in [0.1, 0.15) is 29.3 Å². The highest BCUT2D eigenvalue weighted by Crippen LogP contribution is 2.35. The zero-order chi connectivity index (χ0) is 17.0. The lowest BCUT2D eigenvalue weighted by Gasteiger charge is -2.17. The Balaban J connectivity index is 2.02. The number of thiophene rings is 1. The van der Waals surface area contributed by atoms with Gasteiger partial charge in [-0.2, -0.15) is 0 Å². The summed E-state index contributed by atoms with van der Waals surface area (Å²) >= 11 is 7.08. The number of hydrogen-bond acceptors (Lipinski definition) is 4. The van der Waals surface area contributed by atoms with E-state index in [1.54, 1.807) is 23.5 Å². The van der Waals surface area contributed by atoms with Gasteiger partial charge in [0.2, 0.25) is 0 Å². The summed E-state index contributed by atoms with van der Waals surface area (Å²) in [5, 5.41) is 10.7. The molecular weight excluding hydrogens is 340 g/mol. The minimum absolute atomic E-state index is 0.0935. The van der Waals surface area contributed by atoms with E-state index in [9.17, 15) is 9.90 Å². The molecule has 0 radical (unpaired) electrons.